The van der Waals surface area contributed by atoms with Gasteiger partial charge < -0.3 is 9.47 Å². The topological polar surface area (TPSA) is 35.5 Å². The Kier molecular flexibility index (Phi) is 23.3. The zero-order valence-corrected chi connectivity index (χ0v) is 43.8. The standard InChI is InChI=1S/C60H96O3S2/c1-6-10-12-14-21-25-41-60(42-26-22-15-13-11-7-2)53-44-46(5)29-35-51(53)52-36-32-48(45-54(52)60)56-38-40-58(65-56)57-39-37-55(64-57)47-30-33-50(34-31-47)62-43-27-23-19-17-16-18-20-24-28-59(61)63-49(8-3)9-4/h8-9,37-40,46-54H,3-4,6-7,10-36,41-45H2,1-2,5H3. The maximum atomic E-state index is 11.9. The minimum absolute atomic E-state index is 0.147. The summed E-state index contributed by atoms with van der Waals surface area (Å²) in [4.78, 5) is 18.3. The summed E-state index contributed by atoms with van der Waals surface area (Å²) in [6.45, 7) is 15.6. The van der Waals surface area contributed by atoms with Gasteiger partial charge in [-0.25, -0.2) is 0 Å². The Balaban J connectivity index is 0.940. The first kappa shape index (κ1) is 52.7. The number of esters is 1. The number of carbonyl (C=O) groups excluding carboxylic acids is 1. The summed E-state index contributed by atoms with van der Waals surface area (Å²) in [7, 11) is 0. The maximum absolute atomic E-state index is 11.9. The number of thiophene rings is 2. The maximum Gasteiger partial charge on any atom is 0.306 e. The molecule has 0 aliphatic heterocycles. The molecule has 6 atom stereocenters. The molecule has 4 saturated carbocycles. The highest BCUT2D eigenvalue weighted by Crippen LogP contribution is 2.69. The van der Waals surface area contributed by atoms with Gasteiger partial charge in [0.1, 0.15) is 6.10 Å². The molecule has 2 aromatic heterocycles. The van der Waals surface area contributed by atoms with Gasteiger partial charge in [0.2, 0.25) is 0 Å². The van der Waals surface area contributed by atoms with E-state index in [9.17, 15) is 4.79 Å². The number of rotatable bonds is 32. The fourth-order valence-corrected chi connectivity index (χ4v) is 16.2. The van der Waals surface area contributed by atoms with Crippen molar-refractivity contribution in [2.45, 2.75) is 257 Å². The number of carbonyl (C=O) groups is 1. The predicted octanol–water partition coefficient (Wildman–Crippen LogP) is 19.4. The van der Waals surface area contributed by atoms with Gasteiger partial charge >= 0.3 is 5.97 Å². The highest BCUT2D eigenvalue weighted by molar-refractivity contribution is 7.22. The van der Waals surface area contributed by atoms with Gasteiger partial charge in [0.25, 0.3) is 0 Å². The van der Waals surface area contributed by atoms with Crippen LogP contribution in [0.1, 0.15) is 254 Å². The van der Waals surface area contributed by atoms with Crippen molar-refractivity contribution in [1.29, 1.82) is 0 Å². The molecule has 0 saturated heterocycles. The van der Waals surface area contributed by atoms with Crippen LogP contribution < -0.4 is 0 Å². The monoisotopic (exact) mass is 929 g/mol. The van der Waals surface area contributed by atoms with Crippen molar-refractivity contribution >= 4 is 28.6 Å². The van der Waals surface area contributed by atoms with E-state index in [1.165, 1.54) is 202 Å². The second-order valence-corrected chi connectivity index (χ2v) is 24.2. The minimum atomic E-state index is -0.368. The lowest BCUT2D eigenvalue weighted by atomic mass is 9.59. The van der Waals surface area contributed by atoms with E-state index in [1.807, 2.05) is 0 Å². The Morgan fingerprint density at radius 2 is 1.11 bits per heavy atom. The molecule has 2 heterocycles. The number of fused-ring (bicyclic) bond motifs is 3. The van der Waals surface area contributed by atoms with E-state index in [0.717, 1.165) is 55.0 Å². The molecule has 3 nitrogen and oxygen atoms in total. The molecule has 0 spiro atoms. The van der Waals surface area contributed by atoms with Crippen molar-refractivity contribution in [1.82, 2.24) is 0 Å². The Morgan fingerprint density at radius 1 is 0.615 bits per heavy atom. The SMILES string of the molecule is C=CC(C=C)OC(=O)CCCCCCCCCCOC1CCC(c2ccc(-c3ccc(C4CCC5C6CCC(C)CC6C(CCCCCCCC)(CCCCCCCC)C5C4)s3)s2)CC1. The van der Waals surface area contributed by atoms with Crippen LogP contribution in [0.15, 0.2) is 49.6 Å². The smallest absolute Gasteiger partial charge is 0.306 e. The van der Waals surface area contributed by atoms with Crippen molar-refractivity contribution in [3.05, 3.63) is 59.3 Å². The van der Waals surface area contributed by atoms with Gasteiger partial charge in [-0.15, -0.1) is 22.7 Å². The summed E-state index contributed by atoms with van der Waals surface area (Å²) in [5.74, 6) is 6.23. The Hall–Kier alpha value is -1.69. The highest BCUT2D eigenvalue weighted by Gasteiger charge is 2.60. The lowest BCUT2D eigenvalue weighted by Crippen LogP contribution is -2.37. The number of unbranched alkanes of at least 4 members (excludes halogenated alkanes) is 17. The van der Waals surface area contributed by atoms with Crippen molar-refractivity contribution < 1.29 is 14.3 Å². The highest BCUT2D eigenvalue weighted by atomic mass is 32.1. The van der Waals surface area contributed by atoms with Crippen LogP contribution in [-0.2, 0) is 14.3 Å². The molecule has 0 amide bonds. The van der Waals surface area contributed by atoms with Crippen LogP contribution in [0.5, 0.6) is 0 Å². The van der Waals surface area contributed by atoms with Gasteiger partial charge in [0.05, 0.1) is 6.10 Å². The average molecular weight is 930 g/mol. The molecule has 65 heavy (non-hydrogen) atoms. The summed E-state index contributed by atoms with van der Waals surface area (Å²) in [5, 5.41) is 0. The molecule has 0 bridgehead atoms. The molecule has 0 N–H and O–H groups in total. The van der Waals surface area contributed by atoms with Crippen LogP contribution in [0.3, 0.4) is 0 Å². The average Bonchev–Trinajstić information content (AvgIpc) is 4.08. The molecule has 0 aromatic carbocycles. The quantitative estimate of drug-likeness (QED) is 0.0417. The molecule has 4 aliphatic carbocycles. The molecule has 6 rings (SSSR count). The zero-order valence-electron chi connectivity index (χ0n) is 42.2. The summed E-state index contributed by atoms with van der Waals surface area (Å²) < 4.78 is 11.7. The zero-order chi connectivity index (χ0) is 45.7. The van der Waals surface area contributed by atoms with Crippen molar-refractivity contribution in [2.75, 3.05) is 6.61 Å². The number of ether oxygens (including phenoxy) is 2. The van der Waals surface area contributed by atoms with Crippen LogP contribution >= 0.6 is 22.7 Å². The van der Waals surface area contributed by atoms with E-state index in [0.29, 0.717) is 23.9 Å². The third kappa shape index (κ3) is 15.7. The van der Waals surface area contributed by atoms with E-state index >= 15 is 0 Å². The summed E-state index contributed by atoms with van der Waals surface area (Å²) in [6, 6.07) is 10.0. The van der Waals surface area contributed by atoms with Crippen LogP contribution in [0, 0.1) is 35.0 Å². The third-order valence-corrected chi connectivity index (χ3v) is 20.1. The number of hydrogen-bond donors (Lipinski definition) is 0. The van der Waals surface area contributed by atoms with E-state index in [1.54, 1.807) is 21.9 Å². The lowest BCUT2D eigenvalue weighted by molar-refractivity contribution is -0.145. The molecular weight excluding hydrogens is 833 g/mol. The van der Waals surface area contributed by atoms with Crippen LogP contribution in [0.2, 0.25) is 0 Å². The van der Waals surface area contributed by atoms with Gasteiger partial charge in [0.15, 0.2) is 0 Å². The van der Waals surface area contributed by atoms with E-state index in [-0.39, 0.29) is 12.1 Å². The van der Waals surface area contributed by atoms with Crippen molar-refractivity contribution in [3.63, 3.8) is 0 Å². The third-order valence-electron chi connectivity index (χ3n) is 17.4. The van der Waals surface area contributed by atoms with E-state index < -0.39 is 0 Å². The van der Waals surface area contributed by atoms with Crippen molar-refractivity contribution in [3.8, 4) is 9.75 Å². The minimum Gasteiger partial charge on any atom is -0.454 e. The first-order chi connectivity index (χ1) is 31.9. The fraction of sp³-hybridized carbons (Fsp3) is 0.783. The molecule has 2 aromatic rings. The second-order valence-electron chi connectivity index (χ2n) is 22.0. The molecule has 4 aliphatic rings. The lowest BCUT2D eigenvalue weighted by Gasteiger charge is -2.46. The summed E-state index contributed by atoms with van der Waals surface area (Å²) in [6.07, 6.45) is 47.5. The Bertz CT molecular complexity index is 1610. The van der Waals surface area contributed by atoms with E-state index in [4.69, 9.17) is 9.47 Å². The molecule has 366 valence electrons. The summed E-state index contributed by atoms with van der Waals surface area (Å²) >= 11 is 4.26. The van der Waals surface area contributed by atoms with Gasteiger partial charge in [-0.2, -0.15) is 0 Å². The van der Waals surface area contributed by atoms with Crippen LogP contribution in [0.25, 0.3) is 9.75 Å². The molecule has 5 heteroatoms. The molecule has 4 fully saturated rings. The predicted molar refractivity (Wildman–Crippen MR) is 282 cm³/mol. The number of hydrogen-bond acceptors (Lipinski definition) is 5. The van der Waals surface area contributed by atoms with Gasteiger partial charge in [-0.05, 0) is 167 Å². The summed E-state index contributed by atoms with van der Waals surface area (Å²) in [5.41, 5.74) is 0.607. The molecule has 6 unspecified atom stereocenters. The molecular formula is C60H96O3S2. The first-order valence-corrected chi connectivity index (χ1v) is 29.8. The van der Waals surface area contributed by atoms with Crippen LogP contribution in [0.4, 0.5) is 0 Å². The first-order valence-electron chi connectivity index (χ1n) is 28.1. The molecule has 0 radical (unpaired) electrons. The Labute approximate surface area is 408 Å². The van der Waals surface area contributed by atoms with Crippen LogP contribution in [-0.4, -0.2) is 24.8 Å². The largest absolute Gasteiger partial charge is 0.454 e. The Morgan fingerprint density at radius 3 is 1.69 bits per heavy atom. The van der Waals surface area contributed by atoms with Gasteiger partial charge in [-0.1, -0.05) is 156 Å². The van der Waals surface area contributed by atoms with E-state index in [2.05, 4.69) is 80.9 Å². The van der Waals surface area contributed by atoms with Gasteiger partial charge in [-0.3, -0.25) is 4.79 Å². The fourth-order valence-electron chi connectivity index (χ4n) is 13.8. The van der Waals surface area contributed by atoms with Gasteiger partial charge in [0, 0.05) is 32.5 Å². The second kappa shape index (κ2) is 28.7. The van der Waals surface area contributed by atoms with Crippen molar-refractivity contribution in [2.24, 2.45) is 35.0 Å². The normalized spacial score (nSPS) is 26.2.